The number of amidine groups is 1. The zero-order valence-corrected chi connectivity index (χ0v) is 17.8. The molecule has 0 radical (unpaired) electrons. The van der Waals surface area contributed by atoms with Gasteiger partial charge in [0.2, 0.25) is 0 Å². The first-order valence-electron chi connectivity index (χ1n) is 10.5. The standard InChI is InChI=1S/C26H26N2O3/c1-3-31-26(29)24-23(20-14-16-22(30-2)17-15-20)27-25(21-12-8-5-9-13-21)28(24)18-19-10-6-4-7-11-19/h4-17,23-24H,3,18H2,1-2H3/t23-,24+/m0/s1. The van der Waals surface area contributed by atoms with E-state index >= 15 is 0 Å². The molecule has 4 rings (SSSR count). The molecule has 0 fully saturated rings. The van der Waals surface area contributed by atoms with Crippen LogP contribution in [0.5, 0.6) is 5.75 Å². The molecule has 5 nitrogen and oxygen atoms in total. The second kappa shape index (κ2) is 9.47. The van der Waals surface area contributed by atoms with Crippen LogP contribution in [0.25, 0.3) is 0 Å². The summed E-state index contributed by atoms with van der Waals surface area (Å²) in [6.07, 6.45) is 0. The smallest absolute Gasteiger partial charge is 0.331 e. The summed E-state index contributed by atoms with van der Waals surface area (Å²) >= 11 is 0. The third-order valence-corrected chi connectivity index (χ3v) is 5.38. The van der Waals surface area contributed by atoms with E-state index in [1.54, 1.807) is 7.11 Å². The van der Waals surface area contributed by atoms with Crippen LogP contribution < -0.4 is 4.74 Å². The van der Waals surface area contributed by atoms with Crippen molar-refractivity contribution in [3.05, 3.63) is 102 Å². The quantitative estimate of drug-likeness (QED) is 0.529. The van der Waals surface area contributed by atoms with Gasteiger partial charge in [0.15, 0.2) is 6.04 Å². The SMILES string of the molecule is CCOC(=O)[C@H]1[C@H](c2ccc(OC)cc2)N=C(c2ccccc2)N1Cc1ccccc1. The van der Waals surface area contributed by atoms with E-state index in [1.807, 2.05) is 79.7 Å². The Morgan fingerprint density at radius 1 is 0.935 bits per heavy atom. The van der Waals surface area contributed by atoms with Crippen LogP contribution >= 0.6 is 0 Å². The molecule has 158 valence electrons. The minimum absolute atomic E-state index is 0.270. The molecule has 0 saturated heterocycles. The van der Waals surface area contributed by atoms with Gasteiger partial charge in [0, 0.05) is 12.1 Å². The Balaban J connectivity index is 1.79. The first kappa shape index (κ1) is 20.7. The molecule has 0 saturated carbocycles. The molecule has 0 bridgehead atoms. The number of methoxy groups -OCH3 is 1. The van der Waals surface area contributed by atoms with Crippen molar-refractivity contribution in [3.8, 4) is 5.75 Å². The highest BCUT2D eigenvalue weighted by Crippen LogP contribution is 2.36. The number of benzene rings is 3. The molecule has 0 spiro atoms. The van der Waals surface area contributed by atoms with E-state index in [0.29, 0.717) is 13.2 Å². The van der Waals surface area contributed by atoms with Gasteiger partial charge in [0.05, 0.1) is 13.7 Å². The Morgan fingerprint density at radius 2 is 1.58 bits per heavy atom. The number of rotatable bonds is 7. The topological polar surface area (TPSA) is 51.1 Å². The lowest BCUT2D eigenvalue weighted by Gasteiger charge is -2.29. The molecule has 1 aliphatic rings. The number of ether oxygens (including phenoxy) is 2. The number of hydrogen-bond donors (Lipinski definition) is 0. The average molecular weight is 415 g/mol. The Morgan fingerprint density at radius 3 is 2.19 bits per heavy atom. The summed E-state index contributed by atoms with van der Waals surface area (Å²) < 4.78 is 10.8. The van der Waals surface area contributed by atoms with Gasteiger partial charge in [-0.25, -0.2) is 4.79 Å². The highest BCUT2D eigenvalue weighted by atomic mass is 16.5. The molecule has 1 aliphatic heterocycles. The van der Waals surface area contributed by atoms with Crippen LogP contribution in [0.3, 0.4) is 0 Å². The first-order valence-corrected chi connectivity index (χ1v) is 10.5. The lowest BCUT2D eigenvalue weighted by atomic mass is 9.99. The van der Waals surface area contributed by atoms with Gasteiger partial charge in [-0.15, -0.1) is 0 Å². The lowest BCUT2D eigenvalue weighted by Crippen LogP contribution is -2.43. The molecule has 0 aromatic heterocycles. The minimum Gasteiger partial charge on any atom is -0.497 e. The molecule has 5 heteroatoms. The maximum atomic E-state index is 13.2. The summed E-state index contributed by atoms with van der Waals surface area (Å²) in [5.41, 5.74) is 3.03. The van der Waals surface area contributed by atoms with Crippen molar-refractivity contribution in [1.82, 2.24) is 4.90 Å². The third kappa shape index (κ3) is 4.45. The fraction of sp³-hybridized carbons (Fsp3) is 0.231. The Labute approximate surface area is 183 Å². The van der Waals surface area contributed by atoms with Crippen molar-refractivity contribution >= 4 is 11.8 Å². The van der Waals surface area contributed by atoms with Crippen molar-refractivity contribution in [1.29, 1.82) is 0 Å². The van der Waals surface area contributed by atoms with Crippen LogP contribution in [0.15, 0.2) is 89.9 Å². The summed E-state index contributed by atoms with van der Waals surface area (Å²) in [5.74, 6) is 1.29. The van der Waals surface area contributed by atoms with E-state index < -0.39 is 6.04 Å². The van der Waals surface area contributed by atoms with Crippen LogP contribution in [0.2, 0.25) is 0 Å². The van der Waals surface area contributed by atoms with Crippen molar-refractivity contribution in [2.24, 2.45) is 4.99 Å². The van der Waals surface area contributed by atoms with Crippen LogP contribution in [-0.4, -0.2) is 36.5 Å². The van der Waals surface area contributed by atoms with Gasteiger partial charge in [-0.3, -0.25) is 4.99 Å². The number of aliphatic imine (C=N–C) groups is 1. The highest BCUT2D eigenvalue weighted by Gasteiger charge is 2.43. The van der Waals surface area contributed by atoms with Gasteiger partial charge in [-0.05, 0) is 30.2 Å². The predicted octanol–water partition coefficient (Wildman–Crippen LogP) is 4.63. The molecule has 2 atom stereocenters. The number of esters is 1. The van der Waals surface area contributed by atoms with Crippen LogP contribution in [0.1, 0.15) is 29.7 Å². The normalized spacial score (nSPS) is 17.9. The van der Waals surface area contributed by atoms with E-state index in [2.05, 4.69) is 17.0 Å². The van der Waals surface area contributed by atoms with Crippen molar-refractivity contribution in [2.45, 2.75) is 25.6 Å². The van der Waals surface area contributed by atoms with E-state index in [1.165, 1.54) is 0 Å². The molecular formula is C26H26N2O3. The summed E-state index contributed by atoms with van der Waals surface area (Å²) in [6, 6.07) is 26.9. The maximum absolute atomic E-state index is 13.2. The Bertz CT molecular complexity index is 1030. The summed E-state index contributed by atoms with van der Waals surface area (Å²) in [7, 11) is 1.64. The van der Waals surface area contributed by atoms with Gasteiger partial charge in [-0.1, -0.05) is 72.8 Å². The average Bonchev–Trinajstić information content (AvgIpc) is 3.19. The monoisotopic (exact) mass is 414 g/mol. The molecule has 0 amide bonds. The van der Waals surface area contributed by atoms with Gasteiger partial charge in [-0.2, -0.15) is 0 Å². The molecule has 3 aromatic rings. The summed E-state index contributed by atoms with van der Waals surface area (Å²) in [5, 5.41) is 0. The van der Waals surface area contributed by atoms with Crippen molar-refractivity contribution in [2.75, 3.05) is 13.7 Å². The predicted molar refractivity (Wildman–Crippen MR) is 121 cm³/mol. The van der Waals surface area contributed by atoms with Gasteiger partial charge >= 0.3 is 5.97 Å². The van der Waals surface area contributed by atoms with Crippen molar-refractivity contribution < 1.29 is 14.3 Å². The lowest BCUT2D eigenvalue weighted by molar-refractivity contribution is -0.148. The molecule has 1 heterocycles. The molecule has 0 aliphatic carbocycles. The number of carbonyl (C=O) groups is 1. The van der Waals surface area contributed by atoms with E-state index in [4.69, 9.17) is 14.5 Å². The van der Waals surface area contributed by atoms with Crippen LogP contribution in [-0.2, 0) is 16.1 Å². The maximum Gasteiger partial charge on any atom is 0.331 e. The molecule has 0 N–H and O–H groups in total. The minimum atomic E-state index is -0.552. The zero-order chi connectivity index (χ0) is 21.6. The first-order chi connectivity index (χ1) is 15.2. The fourth-order valence-electron chi connectivity index (χ4n) is 3.90. The van der Waals surface area contributed by atoms with Crippen molar-refractivity contribution in [3.63, 3.8) is 0 Å². The van der Waals surface area contributed by atoms with E-state index in [0.717, 1.165) is 28.3 Å². The Hall–Kier alpha value is -3.60. The van der Waals surface area contributed by atoms with Gasteiger partial charge in [0.1, 0.15) is 17.6 Å². The largest absolute Gasteiger partial charge is 0.497 e. The number of nitrogens with zero attached hydrogens (tertiary/aromatic N) is 2. The van der Waals surface area contributed by atoms with E-state index in [9.17, 15) is 4.79 Å². The van der Waals surface area contributed by atoms with Gasteiger partial charge in [0.25, 0.3) is 0 Å². The number of carbonyl (C=O) groups excluding carboxylic acids is 1. The van der Waals surface area contributed by atoms with Crippen LogP contribution in [0, 0.1) is 0 Å². The summed E-state index contributed by atoms with van der Waals surface area (Å²) in [4.78, 5) is 20.3. The summed E-state index contributed by atoms with van der Waals surface area (Å²) in [6.45, 7) is 2.71. The Kier molecular flexibility index (Phi) is 6.32. The fourth-order valence-corrected chi connectivity index (χ4v) is 3.90. The second-order valence-corrected chi connectivity index (χ2v) is 7.35. The van der Waals surface area contributed by atoms with E-state index in [-0.39, 0.29) is 12.0 Å². The van der Waals surface area contributed by atoms with Crippen LogP contribution in [0.4, 0.5) is 0 Å². The molecular weight excluding hydrogens is 388 g/mol. The highest BCUT2D eigenvalue weighted by molar-refractivity contribution is 6.03. The second-order valence-electron chi connectivity index (χ2n) is 7.35. The van der Waals surface area contributed by atoms with Gasteiger partial charge < -0.3 is 14.4 Å². The molecule has 3 aromatic carbocycles. The molecule has 31 heavy (non-hydrogen) atoms. The third-order valence-electron chi connectivity index (χ3n) is 5.38. The molecule has 0 unspecified atom stereocenters. The zero-order valence-electron chi connectivity index (χ0n) is 17.8. The number of hydrogen-bond acceptors (Lipinski definition) is 5.